The van der Waals surface area contributed by atoms with Gasteiger partial charge in [-0.3, -0.25) is 0 Å². The van der Waals surface area contributed by atoms with Gasteiger partial charge in [-0.2, -0.15) is 0 Å². The fraction of sp³-hybridized carbons (Fsp3) is 0.308. The van der Waals surface area contributed by atoms with Crippen molar-refractivity contribution in [2.45, 2.75) is 38.1 Å². The van der Waals surface area contributed by atoms with E-state index in [1.54, 1.807) is 36.7 Å². The second-order valence-electron chi connectivity index (χ2n) is 8.48. The lowest BCUT2D eigenvalue weighted by Crippen LogP contribution is -2.55. The standard InChI is InChI=1S/C26H27ClN4O2S/c1-17(32)26(33-21-9-7-19(27)8-10-21)31(20-11-13-28-14-12-20)24-23-22(18-5-3-2-4-6-18)15-34-25(23)30-16-29-24/h2-10,15-17,20,26,28,32H,11-14H2,1H3. The van der Waals surface area contributed by atoms with Crippen LogP contribution in [0, 0.1) is 0 Å². The molecule has 1 aliphatic heterocycles. The molecule has 5 rings (SSSR count). The van der Waals surface area contributed by atoms with Crippen LogP contribution in [0.2, 0.25) is 5.02 Å². The van der Waals surface area contributed by atoms with Crippen LogP contribution in [-0.4, -0.2) is 46.5 Å². The van der Waals surface area contributed by atoms with E-state index in [0.29, 0.717) is 10.8 Å². The molecule has 3 heterocycles. The molecule has 2 aromatic heterocycles. The Kier molecular flexibility index (Phi) is 6.97. The van der Waals surface area contributed by atoms with Crippen molar-refractivity contribution >= 4 is 39.0 Å². The molecule has 1 saturated heterocycles. The van der Waals surface area contributed by atoms with Crippen molar-refractivity contribution < 1.29 is 9.84 Å². The first kappa shape index (κ1) is 23.1. The SMILES string of the molecule is CC(O)C(Oc1ccc(Cl)cc1)N(c1ncnc2scc(-c3ccccc3)c12)C1CCNCC1. The highest BCUT2D eigenvalue weighted by Gasteiger charge is 2.35. The number of aromatic nitrogens is 2. The van der Waals surface area contributed by atoms with Gasteiger partial charge in [0.05, 0.1) is 5.39 Å². The van der Waals surface area contributed by atoms with Crippen LogP contribution >= 0.6 is 22.9 Å². The summed E-state index contributed by atoms with van der Waals surface area (Å²) in [6, 6.07) is 17.7. The third kappa shape index (κ3) is 4.74. The summed E-state index contributed by atoms with van der Waals surface area (Å²) in [6.07, 6.45) is 2.05. The molecular formula is C26H27ClN4O2S. The van der Waals surface area contributed by atoms with Crippen LogP contribution in [0.3, 0.4) is 0 Å². The van der Waals surface area contributed by atoms with Gasteiger partial charge in [0.2, 0.25) is 0 Å². The molecule has 0 spiro atoms. The Morgan fingerprint density at radius 1 is 1.09 bits per heavy atom. The van der Waals surface area contributed by atoms with E-state index in [1.807, 2.05) is 30.3 Å². The maximum atomic E-state index is 11.0. The molecule has 0 aliphatic carbocycles. The van der Waals surface area contributed by atoms with Crippen LogP contribution in [0.15, 0.2) is 66.3 Å². The Morgan fingerprint density at radius 2 is 1.82 bits per heavy atom. The monoisotopic (exact) mass is 494 g/mol. The average Bonchev–Trinajstić information content (AvgIpc) is 3.31. The number of piperidine rings is 1. The molecule has 2 atom stereocenters. The predicted octanol–water partition coefficient (Wildman–Crippen LogP) is 5.36. The maximum absolute atomic E-state index is 11.0. The minimum absolute atomic E-state index is 0.148. The molecule has 2 aromatic carbocycles. The Bertz CT molecular complexity index is 1230. The molecule has 8 heteroatoms. The minimum atomic E-state index is -0.769. The number of hydrogen-bond acceptors (Lipinski definition) is 7. The maximum Gasteiger partial charge on any atom is 0.199 e. The summed E-state index contributed by atoms with van der Waals surface area (Å²) in [5, 5.41) is 18.2. The Balaban J connectivity index is 1.65. The van der Waals surface area contributed by atoms with E-state index in [4.69, 9.17) is 21.3 Å². The van der Waals surface area contributed by atoms with Gasteiger partial charge in [0.1, 0.15) is 28.8 Å². The molecule has 2 N–H and O–H groups in total. The molecule has 0 bridgehead atoms. The Morgan fingerprint density at radius 3 is 2.53 bits per heavy atom. The predicted molar refractivity (Wildman–Crippen MR) is 139 cm³/mol. The summed E-state index contributed by atoms with van der Waals surface area (Å²) >= 11 is 7.69. The van der Waals surface area contributed by atoms with Crippen molar-refractivity contribution in [1.29, 1.82) is 0 Å². The number of thiophene rings is 1. The summed E-state index contributed by atoms with van der Waals surface area (Å²) in [7, 11) is 0. The third-order valence-electron chi connectivity index (χ3n) is 6.14. The molecule has 2 unspecified atom stereocenters. The van der Waals surface area contributed by atoms with Gasteiger partial charge < -0.3 is 20.1 Å². The number of halogens is 1. The number of fused-ring (bicyclic) bond motifs is 1. The lowest BCUT2D eigenvalue weighted by Gasteiger charge is -2.42. The zero-order chi connectivity index (χ0) is 23.5. The van der Waals surface area contributed by atoms with Crippen LogP contribution in [0.1, 0.15) is 19.8 Å². The van der Waals surface area contributed by atoms with Gasteiger partial charge in [-0.05, 0) is 62.7 Å². The Hall–Kier alpha value is -2.71. The molecule has 0 amide bonds. The van der Waals surface area contributed by atoms with Crippen molar-refractivity contribution in [3.8, 4) is 16.9 Å². The topological polar surface area (TPSA) is 70.5 Å². The van der Waals surface area contributed by atoms with Crippen LogP contribution in [0.5, 0.6) is 5.75 Å². The summed E-state index contributed by atoms with van der Waals surface area (Å²) in [5.74, 6) is 1.44. The lowest BCUT2D eigenvalue weighted by atomic mass is 10.0. The van der Waals surface area contributed by atoms with Crippen molar-refractivity contribution in [3.63, 3.8) is 0 Å². The quantitative estimate of drug-likeness (QED) is 0.337. The van der Waals surface area contributed by atoms with E-state index in [0.717, 1.165) is 53.1 Å². The van der Waals surface area contributed by atoms with E-state index in [2.05, 4.69) is 32.7 Å². The van der Waals surface area contributed by atoms with E-state index in [-0.39, 0.29) is 6.04 Å². The first-order valence-corrected chi connectivity index (χ1v) is 12.7. The Labute approximate surface area is 208 Å². The fourth-order valence-corrected chi connectivity index (χ4v) is 5.55. The summed E-state index contributed by atoms with van der Waals surface area (Å²) in [6.45, 7) is 3.56. The molecule has 1 aliphatic rings. The van der Waals surface area contributed by atoms with E-state index in [1.165, 1.54) is 0 Å². The highest BCUT2D eigenvalue weighted by Crippen LogP contribution is 2.40. The van der Waals surface area contributed by atoms with Crippen molar-refractivity contribution in [3.05, 3.63) is 71.3 Å². The highest BCUT2D eigenvalue weighted by atomic mass is 35.5. The number of hydrogen-bond donors (Lipinski definition) is 2. The summed E-state index contributed by atoms with van der Waals surface area (Å²) in [4.78, 5) is 12.4. The normalized spacial score (nSPS) is 16.3. The van der Waals surface area contributed by atoms with Crippen LogP contribution in [-0.2, 0) is 0 Å². The molecule has 0 radical (unpaired) electrons. The van der Waals surface area contributed by atoms with Crippen molar-refractivity contribution in [1.82, 2.24) is 15.3 Å². The highest BCUT2D eigenvalue weighted by molar-refractivity contribution is 7.17. The second kappa shape index (κ2) is 10.3. The second-order valence-corrected chi connectivity index (χ2v) is 9.78. The zero-order valence-corrected chi connectivity index (χ0v) is 20.5. The number of rotatable bonds is 7. The number of ether oxygens (including phenoxy) is 1. The number of nitrogens with one attached hydrogen (secondary N) is 1. The van der Waals surface area contributed by atoms with Gasteiger partial charge >= 0.3 is 0 Å². The zero-order valence-electron chi connectivity index (χ0n) is 18.9. The molecular weight excluding hydrogens is 468 g/mol. The average molecular weight is 495 g/mol. The van der Waals surface area contributed by atoms with Gasteiger partial charge in [-0.25, -0.2) is 9.97 Å². The van der Waals surface area contributed by atoms with Gasteiger partial charge in [0.15, 0.2) is 6.23 Å². The first-order chi connectivity index (χ1) is 16.6. The van der Waals surface area contributed by atoms with E-state index < -0.39 is 12.3 Å². The van der Waals surface area contributed by atoms with Gasteiger partial charge in [0.25, 0.3) is 0 Å². The smallest absolute Gasteiger partial charge is 0.199 e. The molecule has 34 heavy (non-hydrogen) atoms. The lowest BCUT2D eigenvalue weighted by molar-refractivity contribution is 0.0387. The van der Waals surface area contributed by atoms with Gasteiger partial charge in [-0.15, -0.1) is 11.3 Å². The molecule has 176 valence electrons. The van der Waals surface area contributed by atoms with E-state index >= 15 is 0 Å². The summed E-state index contributed by atoms with van der Waals surface area (Å²) < 4.78 is 6.41. The number of anilines is 1. The van der Waals surface area contributed by atoms with Crippen molar-refractivity contribution in [2.24, 2.45) is 0 Å². The molecule has 1 fully saturated rings. The molecule has 4 aromatic rings. The fourth-order valence-electron chi connectivity index (χ4n) is 4.51. The third-order valence-corrected chi connectivity index (χ3v) is 7.28. The van der Waals surface area contributed by atoms with Crippen LogP contribution in [0.25, 0.3) is 21.3 Å². The molecule has 6 nitrogen and oxygen atoms in total. The summed E-state index contributed by atoms with van der Waals surface area (Å²) in [5.41, 5.74) is 2.20. The van der Waals surface area contributed by atoms with Crippen LogP contribution in [0.4, 0.5) is 5.82 Å². The van der Waals surface area contributed by atoms with Gasteiger partial charge in [-0.1, -0.05) is 41.9 Å². The number of benzene rings is 2. The van der Waals surface area contributed by atoms with Crippen LogP contribution < -0.4 is 15.0 Å². The number of nitrogens with zero attached hydrogens (tertiary/aromatic N) is 3. The van der Waals surface area contributed by atoms with Gasteiger partial charge in [0, 0.05) is 22.0 Å². The number of aliphatic hydroxyl groups excluding tert-OH is 1. The minimum Gasteiger partial charge on any atom is -0.468 e. The van der Waals surface area contributed by atoms with Crippen molar-refractivity contribution in [2.75, 3.05) is 18.0 Å². The van der Waals surface area contributed by atoms with E-state index in [9.17, 15) is 5.11 Å². The first-order valence-electron chi connectivity index (χ1n) is 11.5. The largest absolute Gasteiger partial charge is 0.468 e. The number of aliphatic hydroxyl groups is 1. The molecule has 0 saturated carbocycles.